The van der Waals surface area contributed by atoms with Crippen LogP contribution in [-0.2, 0) is 19.5 Å². The van der Waals surface area contributed by atoms with E-state index in [9.17, 15) is 4.39 Å². The summed E-state index contributed by atoms with van der Waals surface area (Å²) in [5, 5.41) is 1.11. The first-order valence-corrected chi connectivity index (χ1v) is 8.33. The maximum absolute atomic E-state index is 13.5. The van der Waals surface area contributed by atoms with Gasteiger partial charge in [-0.05, 0) is 53.6 Å². The van der Waals surface area contributed by atoms with Crippen molar-refractivity contribution < 1.29 is 4.39 Å². The van der Waals surface area contributed by atoms with Crippen molar-refractivity contribution in [2.75, 3.05) is 6.54 Å². The Labute approximate surface area is 133 Å². The fourth-order valence-corrected chi connectivity index (χ4v) is 4.50. The standard InChI is InChI=1S/C18H17FN2S/c1-12-6-13(9-20-8-12)10-21-5-4-15-16-7-14(19)2-3-17(16)22-18(15)11-21/h2-3,6-9H,4-5,10-11H2,1H3. The zero-order chi connectivity index (χ0) is 15.1. The molecule has 0 aliphatic carbocycles. The van der Waals surface area contributed by atoms with Gasteiger partial charge in [-0.15, -0.1) is 11.3 Å². The smallest absolute Gasteiger partial charge is 0.123 e. The van der Waals surface area contributed by atoms with Crippen LogP contribution in [0.25, 0.3) is 10.1 Å². The first-order chi connectivity index (χ1) is 10.7. The van der Waals surface area contributed by atoms with Crippen molar-refractivity contribution in [2.24, 2.45) is 0 Å². The number of halogens is 1. The molecule has 112 valence electrons. The van der Waals surface area contributed by atoms with Crippen LogP contribution in [-0.4, -0.2) is 16.4 Å². The van der Waals surface area contributed by atoms with Crippen molar-refractivity contribution in [1.29, 1.82) is 0 Å². The zero-order valence-electron chi connectivity index (χ0n) is 12.5. The molecule has 0 saturated carbocycles. The molecule has 4 rings (SSSR count). The number of hydrogen-bond acceptors (Lipinski definition) is 3. The highest BCUT2D eigenvalue weighted by Crippen LogP contribution is 2.35. The van der Waals surface area contributed by atoms with Gasteiger partial charge in [-0.2, -0.15) is 0 Å². The van der Waals surface area contributed by atoms with Crippen molar-refractivity contribution in [2.45, 2.75) is 26.4 Å². The molecule has 0 amide bonds. The Morgan fingerprint density at radius 1 is 1.27 bits per heavy atom. The molecule has 1 aliphatic heterocycles. The van der Waals surface area contributed by atoms with Crippen LogP contribution < -0.4 is 0 Å². The van der Waals surface area contributed by atoms with Gasteiger partial charge in [0.2, 0.25) is 0 Å². The lowest BCUT2D eigenvalue weighted by Crippen LogP contribution is -2.29. The van der Waals surface area contributed by atoms with Gasteiger partial charge in [0.25, 0.3) is 0 Å². The third kappa shape index (κ3) is 2.53. The first kappa shape index (κ1) is 13.9. The van der Waals surface area contributed by atoms with Crippen molar-refractivity contribution in [3.05, 3.63) is 64.0 Å². The largest absolute Gasteiger partial charge is 0.294 e. The van der Waals surface area contributed by atoms with Gasteiger partial charge in [0.15, 0.2) is 0 Å². The molecule has 3 heterocycles. The Balaban J connectivity index is 1.60. The van der Waals surface area contributed by atoms with Crippen LogP contribution in [0.3, 0.4) is 0 Å². The minimum absolute atomic E-state index is 0.138. The Kier molecular flexibility index (Phi) is 3.43. The molecule has 0 fully saturated rings. The van der Waals surface area contributed by atoms with E-state index in [0.717, 1.165) is 31.4 Å². The van der Waals surface area contributed by atoms with E-state index in [-0.39, 0.29) is 5.82 Å². The number of rotatable bonds is 2. The summed E-state index contributed by atoms with van der Waals surface area (Å²) in [6, 6.07) is 7.34. The lowest BCUT2D eigenvalue weighted by molar-refractivity contribution is 0.249. The van der Waals surface area contributed by atoms with Gasteiger partial charge in [-0.25, -0.2) is 4.39 Å². The minimum atomic E-state index is -0.138. The lowest BCUT2D eigenvalue weighted by atomic mass is 10.0. The van der Waals surface area contributed by atoms with Crippen LogP contribution >= 0.6 is 11.3 Å². The fourth-order valence-electron chi connectivity index (χ4n) is 3.22. The van der Waals surface area contributed by atoms with E-state index in [0.29, 0.717) is 0 Å². The maximum Gasteiger partial charge on any atom is 0.123 e. The highest BCUT2D eigenvalue weighted by Gasteiger charge is 2.21. The van der Waals surface area contributed by atoms with Gasteiger partial charge in [0.05, 0.1) is 0 Å². The molecule has 0 N–H and O–H groups in total. The van der Waals surface area contributed by atoms with E-state index in [1.165, 1.54) is 26.3 Å². The average Bonchev–Trinajstić information content (AvgIpc) is 2.84. The monoisotopic (exact) mass is 312 g/mol. The molecule has 0 radical (unpaired) electrons. The predicted molar refractivity (Wildman–Crippen MR) is 88.6 cm³/mol. The molecular formula is C18H17FN2S. The maximum atomic E-state index is 13.5. The summed E-state index contributed by atoms with van der Waals surface area (Å²) >= 11 is 1.80. The SMILES string of the molecule is Cc1cncc(CN2CCc3c(sc4ccc(F)cc34)C2)c1. The van der Waals surface area contributed by atoms with E-state index in [2.05, 4.69) is 22.9 Å². The fraction of sp³-hybridized carbons (Fsp3) is 0.278. The number of pyridine rings is 1. The molecule has 0 atom stereocenters. The van der Waals surface area contributed by atoms with Crippen LogP contribution in [0.2, 0.25) is 0 Å². The van der Waals surface area contributed by atoms with E-state index < -0.39 is 0 Å². The Morgan fingerprint density at radius 2 is 2.18 bits per heavy atom. The highest BCUT2D eigenvalue weighted by atomic mass is 32.1. The summed E-state index contributed by atoms with van der Waals surface area (Å²) in [5.41, 5.74) is 3.81. The Morgan fingerprint density at radius 3 is 3.05 bits per heavy atom. The summed E-state index contributed by atoms with van der Waals surface area (Å²) in [5.74, 6) is -0.138. The van der Waals surface area contributed by atoms with Crippen LogP contribution in [0, 0.1) is 12.7 Å². The molecule has 2 nitrogen and oxygen atoms in total. The van der Waals surface area contributed by atoms with E-state index in [4.69, 9.17) is 0 Å². The van der Waals surface area contributed by atoms with Crippen LogP contribution in [0.4, 0.5) is 4.39 Å². The van der Waals surface area contributed by atoms with Crippen LogP contribution in [0.5, 0.6) is 0 Å². The normalized spacial score (nSPS) is 15.2. The number of aryl methyl sites for hydroxylation is 1. The third-order valence-electron chi connectivity index (χ3n) is 4.22. The second-order valence-electron chi connectivity index (χ2n) is 5.98. The molecule has 3 aromatic rings. The van der Waals surface area contributed by atoms with E-state index >= 15 is 0 Å². The number of thiophene rings is 1. The van der Waals surface area contributed by atoms with Crippen LogP contribution in [0.1, 0.15) is 21.6 Å². The highest BCUT2D eigenvalue weighted by molar-refractivity contribution is 7.19. The number of nitrogens with zero attached hydrogens (tertiary/aromatic N) is 2. The average molecular weight is 312 g/mol. The topological polar surface area (TPSA) is 16.1 Å². The van der Waals surface area contributed by atoms with Crippen LogP contribution in [0.15, 0.2) is 36.7 Å². The Hall–Kier alpha value is -1.78. The zero-order valence-corrected chi connectivity index (χ0v) is 13.3. The summed E-state index contributed by atoms with van der Waals surface area (Å²) in [6.45, 7) is 4.97. The molecule has 4 heteroatoms. The molecule has 22 heavy (non-hydrogen) atoms. The molecular weight excluding hydrogens is 295 g/mol. The van der Waals surface area contributed by atoms with Crippen molar-refractivity contribution in [1.82, 2.24) is 9.88 Å². The minimum Gasteiger partial charge on any atom is -0.294 e. The van der Waals surface area contributed by atoms with Crippen molar-refractivity contribution in [3.63, 3.8) is 0 Å². The summed E-state index contributed by atoms with van der Waals surface area (Å²) in [4.78, 5) is 8.10. The Bertz CT molecular complexity index is 840. The van der Waals surface area contributed by atoms with E-state index in [1.807, 2.05) is 18.5 Å². The van der Waals surface area contributed by atoms with Gasteiger partial charge in [-0.3, -0.25) is 9.88 Å². The second-order valence-corrected chi connectivity index (χ2v) is 7.11. The molecule has 1 aromatic carbocycles. The molecule has 0 unspecified atom stereocenters. The molecule has 0 spiro atoms. The number of fused-ring (bicyclic) bond motifs is 3. The summed E-state index contributed by atoms with van der Waals surface area (Å²) in [7, 11) is 0. The van der Waals surface area contributed by atoms with Gasteiger partial charge in [0.1, 0.15) is 5.82 Å². The number of aromatic nitrogens is 1. The lowest BCUT2D eigenvalue weighted by Gasteiger charge is -2.26. The van der Waals surface area contributed by atoms with Gasteiger partial charge < -0.3 is 0 Å². The predicted octanol–water partition coefficient (Wildman–Crippen LogP) is 4.30. The summed E-state index contributed by atoms with van der Waals surface area (Å²) in [6.07, 6.45) is 4.83. The van der Waals surface area contributed by atoms with Crippen molar-refractivity contribution in [3.8, 4) is 0 Å². The van der Waals surface area contributed by atoms with E-state index in [1.54, 1.807) is 23.5 Å². The molecule has 1 aliphatic rings. The number of hydrogen-bond donors (Lipinski definition) is 0. The first-order valence-electron chi connectivity index (χ1n) is 7.52. The molecule has 2 aromatic heterocycles. The molecule has 0 bridgehead atoms. The summed E-state index contributed by atoms with van der Waals surface area (Å²) < 4.78 is 14.7. The van der Waals surface area contributed by atoms with Gasteiger partial charge in [0, 0.05) is 41.6 Å². The van der Waals surface area contributed by atoms with Gasteiger partial charge in [-0.1, -0.05) is 6.07 Å². The van der Waals surface area contributed by atoms with Gasteiger partial charge >= 0.3 is 0 Å². The van der Waals surface area contributed by atoms with Crippen molar-refractivity contribution >= 4 is 21.4 Å². The quantitative estimate of drug-likeness (QED) is 0.701. The number of benzene rings is 1. The third-order valence-corrected chi connectivity index (χ3v) is 5.42. The molecule has 0 saturated heterocycles. The second kappa shape index (κ2) is 5.45.